The molecule has 3 rings (SSSR count). The van der Waals surface area contributed by atoms with Crippen LogP contribution in [0, 0.1) is 6.92 Å². The predicted molar refractivity (Wildman–Crippen MR) is 92.9 cm³/mol. The lowest BCUT2D eigenvalue weighted by molar-refractivity contribution is 0.213. The number of benzene rings is 1. The van der Waals surface area contributed by atoms with Crippen molar-refractivity contribution in [1.29, 1.82) is 0 Å². The van der Waals surface area contributed by atoms with E-state index < -0.39 is 0 Å². The topological polar surface area (TPSA) is 61.0 Å². The zero-order chi connectivity index (χ0) is 16.2. The molecule has 0 amide bonds. The number of hydrogen-bond donors (Lipinski definition) is 0. The van der Waals surface area contributed by atoms with E-state index in [1.165, 1.54) is 0 Å². The van der Waals surface area contributed by atoms with E-state index in [0.717, 1.165) is 31.9 Å². The Morgan fingerprint density at radius 2 is 2.17 bits per heavy atom. The SMILES string of the molecule is CO/N=C(/CSc1ccccc1OC)c1sc2ncnn2c1C. The molecule has 0 bridgehead atoms. The van der Waals surface area contributed by atoms with Gasteiger partial charge in [0.25, 0.3) is 0 Å². The lowest BCUT2D eigenvalue weighted by Gasteiger charge is -2.08. The van der Waals surface area contributed by atoms with Gasteiger partial charge in [-0.05, 0) is 19.1 Å². The number of oxime groups is 1. The second-order valence-corrected chi connectivity index (χ2v) is 6.63. The van der Waals surface area contributed by atoms with Gasteiger partial charge in [-0.1, -0.05) is 28.6 Å². The lowest BCUT2D eigenvalue weighted by Crippen LogP contribution is -2.06. The van der Waals surface area contributed by atoms with E-state index in [0.29, 0.717) is 5.75 Å². The molecular formula is C15H16N4O2S2. The molecule has 3 aromatic rings. The zero-order valence-corrected chi connectivity index (χ0v) is 14.6. The summed E-state index contributed by atoms with van der Waals surface area (Å²) in [6, 6.07) is 7.93. The van der Waals surface area contributed by atoms with E-state index in [2.05, 4.69) is 15.2 Å². The van der Waals surface area contributed by atoms with E-state index in [4.69, 9.17) is 9.57 Å². The first-order valence-electron chi connectivity index (χ1n) is 6.90. The van der Waals surface area contributed by atoms with Gasteiger partial charge in [0.1, 0.15) is 24.9 Å². The monoisotopic (exact) mass is 348 g/mol. The van der Waals surface area contributed by atoms with E-state index in [9.17, 15) is 0 Å². The number of rotatable bonds is 6. The lowest BCUT2D eigenvalue weighted by atomic mass is 10.3. The van der Waals surface area contributed by atoms with Gasteiger partial charge in [-0.15, -0.1) is 11.8 Å². The molecule has 0 aliphatic carbocycles. The van der Waals surface area contributed by atoms with Gasteiger partial charge in [0, 0.05) is 10.6 Å². The molecule has 0 aliphatic heterocycles. The average Bonchev–Trinajstić information content (AvgIpc) is 3.15. The molecule has 0 radical (unpaired) electrons. The number of thiazole rings is 1. The number of thioether (sulfide) groups is 1. The minimum absolute atomic E-state index is 0.665. The Bertz CT molecular complexity index is 841. The second kappa shape index (κ2) is 7.01. The van der Waals surface area contributed by atoms with E-state index in [-0.39, 0.29) is 0 Å². The number of nitrogens with zero attached hydrogens (tertiary/aromatic N) is 4. The van der Waals surface area contributed by atoms with E-state index in [1.807, 2.05) is 35.7 Å². The molecule has 1 aromatic carbocycles. The largest absolute Gasteiger partial charge is 0.496 e. The molecule has 8 heteroatoms. The van der Waals surface area contributed by atoms with E-state index in [1.54, 1.807) is 43.6 Å². The van der Waals surface area contributed by atoms with Crippen molar-refractivity contribution < 1.29 is 9.57 Å². The number of methoxy groups -OCH3 is 1. The molecule has 0 saturated carbocycles. The van der Waals surface area contributed by atoms with Gasteiger partial charge < -0.3 is 9.57 Å². The van der Waals surface area contributed by atoms with Gasteiger partial charge in [-0.25, -0.2) is 9.50 Å². The smallest absolute Gasteiger partial charge is 0.212 e. The molecule has 23 heavy (non-hydrogen) atoms. The maximum absolute atomic E-state index is 5.39. The van der Waals surface area contributed by atoms with Crippen molar-refractivity contribution in [3.63, 3.8) is 0 Å². The summed E-state index contributed by atoms with van der Waals surface area (Å²) in [5.74, 6) is 1.52. The van der Waals surface area contributed by atoms with Crippen LogP contribution in [0.2, 0.25) is 0 Å². The number of fused-ring (bicyclic) bond motifs is 1. The Balaban J connectivity index is 1.86. The molecule has 0 unspecified atom stereocenters. The van der Waals surface area contributed by atoms with Gasteiger partial charge in [0.05, 0.1) is 17.7 Å². The molecule has 2 aromatic heterocycles. The molecule has 0 spiro atoms. The normalized spacial score (nSPS) is 11.9. The minimum atomic E-state index is 0.665. The van der Waals surface area contributed by atoms with Gasteiger partial charge in [-0.2, -0.15) is 5.10 Å². The number of hydrogen-bond acceptors (Lipinski definition) is 7. The molecule has 0 atom stereocenters. The van der Waals surface area contributed by atoms with Crippen LogP contribution >= 0.6 is 23.1 Å². The van der Waals surface area contributed by atoms with Crippen LogP contribution in [0.3, 0.4) is 0 Å². The average molecular weight is 348 g/mol. The van der Waals surface area contributed by atoms with Crippen molar-refractivity contribution >= 4 is 33.8 Å². The highest BCUT2D eigenvalue weighted by molar-refractivity contribution is 8.00. The van der Waals surface area contributed by atoms with Crippen molar-refractivity contribution in [2.45, 2.75) is 11.8 Å². The first kappa shape index (κ1) is 15.8. The van der Waals surface area contributed by atoms with Crippen molar-refractivity contribution in [2.75, 3.05) is 20.0 Å². The maximum Gasteiger partial charge on any atom is 0.212 e. The first-order chi connectivity index (χ1) is 11.2. The van der Waals surface area contributed by atoms with Crippen molar-refractivity contribution in [1.82, 2.24) is 14.6 Å². The second-order valence-electron chi connectivity index (χ2n) is 4.63. The first-order valence-corrected chi connectivity index (χ1v) is 8.70. The quantitative estimate of drug-likeness (QED) is 0.389. The summed E-state index contributed by atoms with van der Waals surface area (Å²) in [6.07, 6.45) is 1.55. The zero-order valence-electron chi connectivity index (χ0n) is 13.0. The molecule has 2 heterocycles. The standard InChI is InChI=1S/C15H16N4O2S2/c1-10-14(23-15-16-9-17-19(10)15)11(18-21-3)8-22-13-7-5-4-6-12(13)20-2/h4-7,9H,8H2,1-3H3/b18-11-. The van der Waals surface area contributed by atoms with Crippen molar-refractivity contribution in [3.05, 3.63) is 41.2 Å². The Kier molecular flexibility index (Phi) is 4.82. The van der Waals surface area contributed by atoms with Crippen LogP contribution in [-0.2, 0) is 4.84 Å². The summed E-state index contributed by atoms with van der Waals surface area (Å²) < 4.78 is 7.21. The fourth-order valence-electron chi connectivity index (χ4n) is 2.19. The summed E-state index contributed by atoms with van der Waals surface area (Å²) in [5, 5.41) is 8.42. The Hall–Kier alpha value is -2.06. The minimum Gasteiger partial charge on any atom is -0.496 e. The number of para-hydroxylation sites is 1. The van der Waals surface area contributed by atoms with Crippen LogP contribution in [0.5, 0.6) is 5.75 Å². The molecule has 0 N–H and O–H groups in total. The molecule has 120 valence electrons. The highest BCUT2D eigenvalue weighted by Gasteiger charge is 2.17. The highest BCUT2D eigenvalue weighted by atomic mass is 32.2. The van der Waals surface area contributed by atoms with Crippen LogP contribution in [0.25, 0.3) is 4.96 Å². The summed E-state index contributed by atoms with van der Waals surface area (Å²) in [5.41, 5.74) is 1.87. The van der Waals surface area contributed by atoms with Gasteiger partial charge in [0.2, 0.25) is 4.96 Å². The van der Waals surface area contributed by atoms with Crippen LogP contribution < -0.4 is 4.74 Å². The van der Waals surface area contributed by atoms with Gasteiger partial charge >= 0.3 is 0 Å². The number of aromatic nitrogens is 3. The molecule has 0 aliphatic rings. The summed E-state index contributed by atoms with van der Waals surface area (Å²) in [7, 11) is 3.23. The fourth-order valence-corrected chi connectivity index (χ4v) is 4.25. The summed E-state index contributed by atoms with van der Waals surface area (Å²) in [6.45, 7) is 2.01. The van der Waals surface area contributed by atoms with Gasteiger partial charge in [0.15, 0.2) is 0 Å². The number of aryl methyl sites for hydroxylation is 1. The van der Waals surface area contributed by atoms with Gasteiger partial charge in [-0.3, -0.25) is 0 Å². The predicted octanol–water partition coefficient (Wildman–Crippen LogP) is 3.25. The third-order valence-corrected chi connectivity index (χ3v) is 5.52. The molecule has 0 fully saturated rings. The summed E-state index contributed by atoms with van der Waals surface area (Å²) >= 11 is 3.21. The van der Waals surface area contributed by atoms with Crippen molar-refractivity contribution in [3.8, 4) is 5.75 Å². The third kappa shape index (κ3) is 3.18. The Morgan fingerprint density at radius 3 is 2.91 bits per heavy atom. The number of ether oxygens (including phenoxy) is 1. The highest BCUT2D eigenvalue weighted by Crippen LogP contribution is 2.31. The molecule has 0 saturated heterocycles. The van der Waals surface area contributed by atoms with Crippen LogP contribution in [0.1, 0.15) is 10.6 Å². The molecular weight excluding hydrogens is 332 g/mol. The van der Waals surface area contributed by atoms with Crippen LogP contribution in [0.4, 0.5) is 0 Å². The maximum atomic E-state index is 5.39. The van der Waals surface area contributed by atoms with Crippen LogP contribution in [0.15, 0.2) is 40.6 Å². The fraction of sp³-hybridized carbons (Fsp3) is 0.267. The summed E-state index contributed by atoms with van der Waals surface area (Å²) in [4.78, 5) is 12.2. The van der Waals surface area contributed by atoms with Crippen molar-refractivity contribution in [2.24, 2.45) is 5.16 Å². The molecule has 6 nitrogen and oxygen atoms in total. The van der Waals surface area contributed by atoms with Crippen LogP contribution in [-0.4, -0.2) is 40.3 Å². The Morgan fingerprint density at radius 1 is 1.35 bits per heavy atom. The third-order valence-electron chi connectivity index (χ3n) is 3.25. The van der Waals surface area contributed by atoms with E-state index >= 15 is 0 Å². The Labute approximate surface area is 142 Å².